The molecule has 2 rings (SSSR count). The third-order valence-electron chi connectivity index (χ3n) is 3.66. The second-order valence-corrected chi connectivity index (χ2v) is 6.05. The average molecular weight is 283 g/mol. The van der Waals surface area contributed by atoms with E-state index >= 15 is 0 Å². The standard InChI is InChI=1S/C14H21NO3S/c1-3-5-15(7-13-10(2)4-6-19-13)12-9-18-8-11(12)14(16)17/h4,6,11-12H,3,5,7-9H2,1-2H3,(H,16,17). The summed E-state index contributed by atoms with van der Waals surface area (Å²) in [5.41, 5.74) is 1.29. The topological polar surface area (TPSA) is 49.8 Å². The fourth-order valence-corrected chi connectivity index (χ4v) is 3.47. The summed E-state index contributed by atoms with van der Waals surface area (Å²) in [6.45, 7) is 6.84. The van der Waals surface area contributed by atoms with Crippen molar-refractivity contribution in [1.29, 1.82) is 0 Å². The first-order chi connectivity index (χ1) is 9.13. The minimum atomic E-state index is -0.744. The molecular weight excluding hydrogens is 262 g/mol. The zero-order chi connectivity index (χ0) is 13.8. The highest BCUT2D eigenvalue weighted by molar-refractivity contribution is 7.10. The van der Waals surface area contributed by atoms with E-state index in [1.807, 2.05) is 0 Å². The lowest BCUT2D eigenvalue weighted by Gasteiger charge is -2.29. The molecule has 5 heteroatoms. The number of hydrogen-bond donors (Lipinski definition) is 1. The molecule has 2 heterocycles. The van der Waals surface area contributed by atoms with E-state index in [1.165, 1.54) is 10.4 Å². The summed E-state index contributed by atoms with van der Waals surface area (Å²) < 4.78 is 5.39. The molecule has 1 aliphatic rings. The number of aryl methyl sites for hydroxylation is 1. The zero-order valence-corrected chi connectivity index (χ0v) is 12.3. The molecule has 2 unspecified atom stereocenters. The van der Waals surface area contributed by atoms with E-state index in [0.717, 1.165) is 19.5 Å². The normalized spacial score (nSPS) is 23.1. The van der Waals surface area contributed by atoms with Gasteiger partial charge in [-0.15, -0.1) is 11.3 Å². The van der Waals surface area contributed by atoms with Gasteiger partial charge in [0.15, 0.2) is 0 Å². The Morgan fingerprint density at radius 1 is 1.58 bits per heavy atom. The van der Waals surface area contributed by atoms with Gasteiger partial charge in [-0.25, -0.2) is 0 Å². The van der Waals surface area contributed by atoms with Crippen LogP contribution in [0.5, 0.6) is 0 Å². The molecule has 2 atom stereocenters. The van der Waals surface area contributed by atoms with E-state index in [0.29, 0.717) is 13.2 Å². The molecule has 1 saturated heterocycles. The van der Waals surface area contributed by atoms with Crippen LogP contribution in [0.1, 0.15) is 23.8 Å². The highest BCUT2D eigenvalue weighted by Gasteiger charge is 2.37. The van der Waals surface area contributed by atoms with Crippen LogP contribution in [0.3, 0.4) is 0 Å². The Balaban J connectivity index is 2.11. The molecule has 0 aromatic carbocycles. The van der Waals surface area contributed by atoms with Crippen molar-refractivity contribution in [3.05, 3.63) is 21.9 Å². The monoisotopic (exact) mass is 283 g/mol. The second-order valence-electron chi connectivity index (χ2n) is 5.05. The molecule has 0 radical (unpaired) electrons. The Kier molecular flexibility index (Phi) is 4.96. The van der Waals surface area contributed by atoms with Gasteiger partial charge in [0.1, 0.15) is 0 Å². The summed E-state index contributed by atoms with van der Waals surface area (Å²) in [5, 5.41) is 11.4. The zero-order valence-electron chi connectivity index (χ0n) is 11.5. The van der Waals surface area contributed by atoms with Crippen LogP contribution < -0.4 is 0 Å². The number of thiophene rings is 1. The van der Waals surface area contributed by atoms with Crippen LogP contribution in [0.4, 0.5) is 0 Å². The predicted octanol–water partition coefficient (Wildman–Crippen LogP) is 2.37. The van der Waals surface area contributed by atoms with Crippen molar-refractivity contribution in [2.75, 3.05) is 19.8 Å². The summed E-state index contributed by atoms with van der Waals surface area (Å²) in [4.78, 5) is 14.9. The lowest BCUT2D eigenvalue weighted by molar-refractivity contribution is -0.143. The van der Waals surface area contributed by atoms with E-state index in [1.54, 1.807) is 11.3 Å². The number of ether oxygens (including phenoxy) is 1. The molecule has 0 spiro atoms. The summed E-state index contributed by atoms with van der Waals surface area (Å²) in [6.07, 6.45) is 1.02. The Morgan fingerprint density at radius 2 is 2.37 bits per heavy atom. The quantitative estimate of drug-likeness (QED) is 0.871. The van der Waals surface area contributed by atoms with Gasteiger partial charge in [0, 0.05) is 17.5 Å². The first-order valence-corrected chi connectivity index (χ1v) is 7.59. The Bertz CT molecular complexity index is 432. The van der Waals surface area contributed by atoms with Crippen molar-refractivity contribution < 1.29 is 14.6 Å². The van der Waals surface area contributed by atoms with Crippen LogP contribution in [0.2, 0.25) is 0 Å². The van der Waals surface area contributed by atoms with Gasteiger partial charge in [-0.05, 0) is 36.9 Å². The smallest absolute Gasteiger partial charge is 0.310 e. The van der Waals surface area contributed by atoms with Gasteiger partial charge >= 0.3 is 5.97 Å². The minimum Gasteiger partial charge on any atom is -0.481 e. The van der Waals surface area contributed by atoms with Crippen LogP contribution in [0.25, 0.3) is 0 Å². The van der Waals surface area contributed by atoms with Crippen molar-refractivity contribution in [2.45, 2.75) is 32.9 Å². The van der Waals surface area contributed by atoms with Crippen molar-refractivity contribution in [3.8, 4) is 0 Å². The maximum absolute atomic E-state index is 11.3. The van der Waals surface area contributed by atoms with Crippen molar-refractivity contribution in [2.24, 2.45) is 5.92 Å². The van der Waals surface area contributed by atoms with E-state index in [4.69, 9.17) is 4.74 Å². The maximum atomic E-state index is 11.3. The van der Waals surface area contributed by atoms with E-state index in [9.17, 15) is 9.90 Å². The summed E-state index contributed by atoms with van der Waals surface area (Å²) in [6, 6.07) is 2.11. The molecule has 1 aromatic rings. The number of rotatable bonds is 6. The third kappa shape index (κ3) is 3.35. The highest BCUT2D eigenvalue weighted by atomic mass is 32.1. The van der Waals surface area contributed by atoms with Crippen molar-refractivity contribution >= 4 is 17.3 Å². The number of nitrogens with zero attached hydrogens (tertiary/aromatic N) is 1. The van der Waals surface area contributed by atoms with Gasteiger partial charge in [-0.1, -0.05) is 6.92 Å². The van der Waals surface area contributed by atoms with E-state index in [2.05, 4.69) is 30.2 Å². The SMILES string of the molecule is CCCN(Cc1sccc1C)C1COCC1C(=O)O. The Hall–Kier alpha value is -0.910. The number of hydrogen-bond acceptors (Lipinski definition) is 4. The predicted molar refractivity (Wildman–Crippen MR) is 75.5 cm³/mol. The number of aliphatic carboxylic acids is 1. The van der Waals surface area contributed by atoms with Gasteiger partial charge in [0.25, 0.3) is 0 Å². The van der Waals surface area contributed by atoms with Gasteiger partial charge in [-0.3, -0.25) is 9.69 Å². The number of carboxylic acids is 1. The molecule has 0 saturated carbocycles. The Morgan fingerprint density at radius 3 is 2.95 bits per heavy atom. The first-order valence-electron chi connectivity index (χ1n) is 6.71. The lowest BCUT2D eigenvalue weighted by Crippen LogP contribution is -2.43. The molecule has 0 aliphatic carbocycles. The fraction of sp³-hybridized carbons (Fsp3) is 0.643. The van der Waals surface area contributed by atoms with Crippen LogP contribution >= 0.6 is 11.3 Å². The van der Waals surface area contributed by atoms with Crippen LogP contribution in [-0.4, -0.2) is 41.8 Å². The van der Waals surface area contributed by atoms with Crippen LogP contribution in [-0.2, 0) is 16.1 Å². The van der Waals surface area contributed by atoms with Crippen molar-refractivity contribution in [3.63, 3.8) is 0 Å². The lowest BCUT2D eigenvalue weighted by atomic mass is 10.0. The second kappa shape index (κ2) is 6.50. The van der Waals surface area contributed by atoms with Crippen LogP contribution in [0, 0.1) is 12.8 Å². The average Bonchev–Trinajstić information content (AvgIpc) is 2.98. The molecule has 1 N–H and O–H groups in total. The molecule has 1 fully saturated rings. The molecule has 19 heavy (non-hydrogen) atoms. The van der Waals surface area contributed by atoms with Crippen LogP contribution in [0.15, 0.2) is 11.4 Å². The summed E-state index contributed by atoms with van der Waals surface area (Å²) in [5.74, 6) is -1.14. The molecule has 4 nitrogen and oxygen atoms in total. The Labute approximate surface area is 118 Å². The third-order valence-corrected chi connectivity index (χ3v) is 4.67. The molecule has 0 amide bonds. The first kappa shape index (κ1) is 14.5. The molecule has 0 bridgehead atoms. The summed E-state index contributed by atoms with van der Waals surface area (Å²) in [7, 11) is 0. The number of carbonyl (C=O) groups is 1. The van der Waals surface area contributed by atoms with Crippen molar-refractivity contribution in [1.82, 2.24) is 4.90 Å². The molecule has 1 aliphatic heterocycles. The van der Waals surface area contributed by atoms with Gasteiger partial charge in [-0.2, -0.15) is 0 Å². The fourth-order valence-electron chi connectivity index (χ4n) is 2.54. The number of carboxylic acid groups (broad SMARTS) is 1. The van der Waals surface area contributed by atoms with Gasteiger partial charge < -0.3 is 9.84 Å². The van der Waals surface area contributed by atoms with E-state index < -0.39 is 11.9 Å². The van der Waals surface area contributed by atoms with Gasteiger partial charge in [0.2, 0.25) is 0 Å². The molecule has 106 valence electrons. The molecular formula is C14H21NO3S. The highest BCUT2D eigenvalue weighted by Crippen LogP contribution is 2.25. The summed E-state index contributed by atoms with van der Waals surface area (Å²) >= 11 is 1.74. The minimum absolute atomic E-state index is 0.000972. The molecule has 1 aromatic heterocycles. The van der Waals surface area contributed by atoms with E-state index in [-0.39, 0.29) is 6.04 Å². The van der Waals surface area contributed by atoms with Gasteiger partial charge in [0.05, 0.1) is 19.1 Å². The maximum Gasteiger partial charge on any atom is 0.310 e. The largest absolute Gasteiger partial charge is 0.481 e.